The molecule has 0 aromatic heterocycles. The Kier molecular flexibility index (Phi) is 7.61. The molecule has 154 valence electrons. The Hall–Kier alpha value is -0.346. The summed E-state index contributed by atoms with van der Waals surface area (Å²) in [5.41, 5.74) is 0.969. The average molecular weight is 405 g/mol. The molecule has 0 fully saturated rings. The van der Waals surface area contributed by atoms with Crippen LogP contribution in [0.25, 0.3) is 0 Å². The van der Waals surface area contributed by atoms with E-state index in [-0.39, 0.29) is 23.0 Å². The predicted molar refractivity (Wildman–Crippen MR) is 111 cm³/mol. The van der Waals surface area contributed by atoms with Crippen molar-refractivity contribution in [2.75, 3.05) is 27.1 Å². The Bertz CT molecular complexity index is 501. The summed E-state index contributed by atoms with van der Waals surface area (Å²) in [6, 6.07) is 0. The standard InChI is InChI=1S/C19H40O5Si2/c1-18(2,3)25(8,9)23-12-15-16(22-14-20-7)13-21-17(15)24-26(10,11)19(4,5)6/h16H,12-14H2,1-11H3/t16-/m0/s1. The van der Waals surface area contributed by atoms with Gasteiger partial charge in [-0.05, 0) is 36.3 Å². The molecule has 26 heavy (non-hydrogen) atoms. The molecular formula is C19H40O5Si2. The van der Waals surface area contributed by atoms with Crippen molar-refractivity contribution in [3.63, 3.8) is 0 Å². The van der Waals surface area contributed by atoms with Crippen LogP contribution in [0.15, 0.2) is 11.5 Å². The van der Waals surface area contributed by atoms with E-state index in [1.165, 1.54) is 0 Å². The van der Waals surface area contributed by atoms with Crippen LogP contribution in [0, 0.1) is 0 Å². The van der Waals surface area contributed by atoms with Gasteiger partial charge >= 0.3 is 0 Å². The van der Waals surface area contributed by atoms with Crippen LogP contribution in [0.3, 0.4) is 0 Å². The minimum atomic E-state index is -2.00. The first-order valence-electron chi connectivity index (χ1n) is 9.42. The van der Waals surface area contributed by atoms with Crippen molar-refractivity contribution in [2.45, 2.75) is 83.9 Å². The molecule has 0 unspecified atom stereocenters. The van der Waals surface area contributed by atoms with Gasteiger partial charge in [0.2, 0.25) is 0 Å². The summed E-state index contributed by atoms with van der Waals surface area (Å²) in [6.45, 7) is 23.5. The second-order valence-corrected chi connectivity index (χ2v) is 19.6. The highest BCUT2D eigenvalue weighted by atomic mass is 28.4. The zero-order valence-electron chi connectivity index (χ0n) is 18.7. The van der Waals surface area contributed by atoms with Crippen molar-refractivity contribution in [2.24, 2.45) is 0 Å². The molecular weight excluding hydrogens is 364 g/mol. The Morgan fingerprint density at radius 1 is 0.962 bits per heavy atom. The Morgan fingerprint density at radius 2 is 1.50 bits per heavy atom. The lowest BCUT2D eigenvalue weighted by Crippen LogP contribution is -2.42. The van der Waals surface area contributed by atoms with E-state index in [2.05, 4.69) is 67.7 Å². The van der Waals surface area contributed by atoms with Crippen LogP contribution in [-0.2, 0) is 23.1 Å². The molecule has 1 aliphatic heterocycles. The number of hydrogen-bond donors (Lipinski definition) is 0. The summed E-state index contributed by atoms with van der Waals surface area (Å²) in [5, 5.41) is 0.247. The first-order chi connectivity index (χ1) is 11.6. The second kappa shape index (κ2) is 8.35. The Morgan fingerprint density at radius 3 is 1.96 bits per heavy atom. The lowest BCUT2D eigenvalue weighted by Gasteiger charge is -2.37. The minimum absolute atomic E-state index is 0.0975. The van der Waals surface area contributed by atoms with Crippen molar-refractivity contribution >= 4 is 16.6 Å². The normalized spacial score (nSPS) is 19.7. The van der Waals surface area contributed by atoms with E-state index in [0.29, 0.717) is 19.2 Å². The molecule has 0 spiro atoms. The molecule has 0 saturated heterocycles. The molecule has 1 rings (SSSR count). The van der Waals surface area contributed by atoms with Gasteiger partial charge in [-0.25, -0.2) is 0 Å². The van der Waals surface area contributed by atoms with Crippen LogP contribution >= 0.6 is 0 Å². The minimum Gasteiger partial charge on any atom is -0.519 e. The summed E-state index contributed by atoms with van der Waals surface area (Å²) in [5.74, 6) is 0.608. The van der Waals surface area contributed by atoms with Crippen LogP contribution < -0.4 is 0 Å². The van der Waals surface area contributed by atoms with Crippen LogP contribution in [0.5, 0.6) is 0 Å². The highest BCUT2D eigenvalue weighted by Gasteiger charge is 2.43. The summed E-state index contributed by atoms with van der Waals surface area (Å²) < 4.78 is 29.7. The van der Waals surface area contributed by atoms with Gasteiger partial charge in [-0.2, -0.15) is 0 Å². The molecule has 0 radical (unpaired) electrons. The third kappa shape index (κ3) is 5.82. The van der Waals surface area contributed by atoms with Gasteiger partial charge in [-0.1, -0.05) is 41.5 Å². The molecule has 1 atom stereocenters. The molecule has 1 heterocycles. The molecule has 0 aromatic rings. The molecule has 7 heteroatoms. The Labute approximate surface area is 162 Å². The van der Waals surface area contributed by atoms with Crippen LogP contribution in [0.1, 0.15) is 41.5 Å². The van der Waals surface area contributed by atoms with Crippen molar-refractivity contribution in [3.8, 4) is 0 Å². The lowest BCUT2D eigenvalue weighted by molar-refractivity contribution is -0.0697. The fraction of sp³-hybridized carbons (Fsp3) is 0.895. The van der Waals surface area contributed by atoms with Crippen molar-refractivity contribution in [1.29, 1.82) is 0 Å². The van der Waals surface area contributed by atoms with Gasteiger partial charge in [0, 0.05) is 7.11 Å². The second-order valence-electron chi connectivity index (χ2n) is 10.1. The van der Waals surface area contributed by atoms with Crippen LogP contribution in [0.4, 0.5) is 0 Å². The van der Waals surface area contributed by atoms with Gasteiger partial charge in [0.25, 0.3) is 14.3 Å². The molecule has 0 N–H and O–H groups in total. The topological polar surface area (TPSA) is 46.2 Å². The van der Waals surface area contributed by atoms with Gasteiger partial charge in [-0.3, -0.25) is 0 Å². The van der Waals surface area contributed by atoms with Crippen LogP contribution in [-0.4, -0.2) is 49.9 Å². The maximum atomic E-state index is 6.45. The summed E-state index contributed by atoms with van der Waals surface area (Å²) in [7, 11) is -2.25. The highest BCUT2D eigenvalue weighted by Crippen LogP contribution is 2.41. The van der Waals surface area contributed by atoms with E-state index in [1.54, 1.807) is 7.11 Å². The number of rotatable bonds is 8. The van der Waals surface area contributed by atoms with E-state index in [0.717, 1.165) is 5.57 Å². The summed E-state index contributed by atoms with van der Waals surface area (Å²) in [4.78, 5) is 0. The van der Waals surface area contributed by atoms with Crippen molar-refractivity contribution < 1.29 is 23.1 Å². The molecule has 1 aliphatic rings. The first kappa shape index (κ1) is 23.7. The Balaban J connectivity index is 3.04. The molecule has 0 bridgehead atoms. The zero-order chi connectivity index (χ0) is 20.4. The van der Waals surface area contributed by atoms with Gasteiger partial charge in [0.05, 0.1) is 12.2 Å². The third-order valence-corrected chi connectivity index (χ3v) is 14.7. The van der Waals surface area contributed by atoms with Gasteiger partial charge in [-0.15, -0.1) is 0 Å². The largest absolute Gasteiger partial charge is 0.519 e. The molecule has 0 amide bonds. The fourth-order valence-corrected chi connectivity index (χ4v) is 3.79. The van der Waals surface area contributed by atoms with Crippen molar-refractivity contribution in [1.82, 2.24) is 0 Å². The quantitative estimate of drug-likeness (QED) is 0.408. The monoisotopic (exact) mass is 404 g/mol. The van der Waals surface area contributed by atoms with E-state index in [9.17, 15) is 0 Å². The SMILES string of the molecule is COCO[C@H]1COC(O[Si](C)(C)C(C)(C)C)=C1CO[Si](C)(C)C(C)(C)C. The predicted octanol–water partition coefficient (Wildman–Crippen LogP) is 5.26. The molecule has 0 aliphatic carbocycles. The van der Waals surface area contributed by atoms with Gasteiger partial charge in [0.1, 0.15) is 19.5 Å². The van der Waals surface area contributed by atoms with E-state index in [4.69, 9.17) is 23.1 Å². The zero-order valence-corrected chi connectivity index (χ0v) is 20.7. The van der Waals surface area contributed by atoms with Gasteiger partial charge in [0.15, 0.2) is 8.32 Å². The van der Waals surface area contributed by atoms with Crippen LogP contribution in [0.2, 0.25) is 36.3 Å². The van der Waals surface area contributed by atoms with E-state index < -0.39 is 16.6 Å². The number of hydrogen-bond acceptors (Lipinski definition) is 5. The fourth-order valence-electron chi connectivity index (χ4n) is 1.88. The maximum Gasteiger partial charge on any atom is 0.269 e. The van der Waals surface area contributed by atoms with Crippen molar-refractivity contribution in [3.05, 3.63) is 11.5 Å². The van der Waals surface area contributed by atoms with E-state index in [1.807, 2.05) is 0 Å². The highest BCUT2D eigenvalue weighted by molar-refractivity contribution is 6.74. The third-order valence-electron chi connectivity index (χ3n) is 5.95. The first-order valence-corrected chi connectivity index (χ1v) is 15.2. The lowest BCUT2D eigenvalue weighted by atomic mass is 10.2. The van der Waals surface area contributed by atoms with Gasteiger partial charge < -0.3 is 23.1 Å². The average Bonchev–Trinajstić information content (AvgIpc) is 2.82. The summed E-state index contributed by atoms with van der Waals surface area (Å²) >= 11 is 0. The molecule has 0 saturated carbocycles. The smallest absolute Gasteiger partial charge is 0.269 e. The maximum absolute atomic E-state index is 6.45. The van der Waals surface area contributed by atoms with E-state index >= 15 is 0 Å². The molecule has 0 aromatic carbocycles. The number of ether oxygens (including phenoxy) is 3. The number of methoxy groups -OCH3 is 1. The summed E-state index contributed by atoms with van der Waals surface area (Å²) in [6.07, 6.45) is -0.181. The molecule has 5 nitrogen and oxygen atoms in total.